The second kappa shape index (κ2) is 5.25. The number of amides is 1. The quantitative estimate of drug-likeness (QED) is 0.474. The topological polar surface area (TPSA) is 64.3 Å². The maximum Gasteiger partial charge on any atom is 0.265 e. The third kappa shape index (κ3) is 2.81. The minimum Gasteiger partial charge on any atom is -0.373 e. The van der Waals surface area contributed by atoms with E-state index in [-0.39, 0.29) is 18.5 Å². The Labute approximate surface area is 98.9 Å². The molecule has 0 heterocycles. The van der Waals surface area contributed by atoms with Gasteiger partial charge in [-0.25, -0.2) is 10.2 Å². The van der Waals surface area contributed by atoms with Crippen LogP contribution in [0.1, 0.15) is 35.2 Å². The normalized spacial score (nSPS) is 15.4. The number of hydrazine groups is 1. The zero-order valence-electron chi connectivity index (χ0n) is 9.41. The van der Waals surface area contributed by atoms with Crippen molar-refractivity contribution in [2.75, 3.05) is 0 Å². The zero-order chi connectivity index (χ0) is 12.3. The molecule has 0 unspecified atom stereocenters. The number of benzene rings is 1. The molecule has 1 saturated carbocycles. The van der Waals surface area contributed by atoms with Gasteiger partial charge in [-0.2, -0.15) is 0 Å². The van der Waals surface area contributed by atoms with E-state index in [9.17, 15) is 9.18 Å². The second-order valence-corrected chi connectivity index (χ2v) is 4.14. The van der Waals surface area contributed by atoms with E-state index in [2.05, 4.69) is 0 Å². The summed E-state index contributed by atoms with van der Waals surface area (Å²) in [5.74, 6) is 4.22. The molecule has 1 amide bonds. The lowest BCUT2D eigenvalue weighted by Gasteiger charge is -2.25. The summed E-state index contributed by atoms with van der Waals surface area (Å²) in [5, 5.41) is 0. The number of rotatable bonds is 4. The summed E-state index contributed by atoms with van der Waals surface area (Å²) >= 11 is 0. The lowest BCUT2D eigenvalue weighted by molar-refractivity contribution is -0.00977. The first-order valence-electron chi connectivity index (χ1n) is 5.61. The van der Waals surface area contributed by atoms with Gasteiger partial charge >= 0.3 is 0 Å². The van der Waals surface area contributed by atoms with E-state index in [0.29, 0.717) is 11.1 Å². The molecule has 0 saturated heterocycles. The Bertz CT molecular complexity index is 419. The number of hydrogen-bond donors (Lipinski definition) is 2. The van der Waals surface area contributed by atoms with Crippen molar-refractivity contribution in [3.63, 3.8) is 0 Å². The molecular formula is C12H15FN2O2. The maximum absolute atomic E-state index is 13.5. The molecule has 0 aliphatic heterocycles. The highest BCUT2D eigenvalue weighted by atomic mass is 19.1. The molecule has 4 nitrogen and oxygen atoms in total. The second-order valence-electron chi connectivity index (χ2n) is 4.14. The van der Waals surface area contributed by atoms with Crippen molar-refractivity contribution in [3.8, 4) is 0 Å². The predicted molar refractivity (Wildman–Crippen MR) is 60.5 cm³/mol. The first kappa shape index (κ1) is 12.0. The summed E-state index contributed by atoms with van der Waals surface area (Å²) < 4.78 is 19.0. The van der Waals surface area contributed by atoms with Crippen LogP contribution >= 0.6 is 0 Å². The van der Waals surface area contributed by atoms with Crippen molar-refractivity contribution in [2.45, 2.75) is 32.0 Å². The number of nitrogens with one attached hydrogen (secondary N) is 1. The molecule has 0 radical (unpaired) electrons. The van der Waals surface area contributed by atoms with Gasteiger partial charge in [-0.1, -0.05) is 0 Å². The number of nitrogens with two attached hydrogens (primary N) is 1. The zero-order valence-corrected chi connectivity index (χ0v) is 9.41. The molecule has 1 aliphatic rings. The molecule has 5 heteroatoms. The third-order valence-corrected chi connectivity index (χ3v) is 2.97. The Balaban J connectivity index is 2.05. The number of carbonyl (C=O) groups excluding carboxylic acids is 1. The largest absolute Gasteiger partial charge is 0.373 e. The van der Waals surface area contributed by atoms with E-state index in [1.54, 1.807) is 0 Å². The van der Waals surface area contributed by atoms with Crippen LogP contribution in [0.4, 0.5) is 4.39 Å². The van der Waals surface area contributed by atoms with Crippen molar-refractivity contribution >= 4 is 5.91 Å². The fourth-order valence-corrected chi connectivity index (χ4v) is 1.66. The Morgan fingerprint density at radius 3 is 2.88 bits per heavy atom. The summed E-state index contributed by atoms with van der Waals surface area (Å²) in [5.41, 5.74) is 2.73. The first-order valence-corrected chi connectivity index (χ1v) is 5.61. The highest BCUT2D eigenvalue weighted by molar-refractivity contribution is 5.93. The average Bonchev–Trinajstić information content (AvgIpc) is 2.28. The molecular weight excluding hydrogens is 223 g/mol. The molecule has 1 aromatic carbocycles. The highest BCUT2D eigenvalue weighted by Crippen LogP contribution is 2.23. The number of hydrogen-bond acceptors (Lipinski definition) is 3. The Kier molecular flexibility index (Phi) is 3.71. The van der Waals surface area contributed by atoms with Gasteiger partial charge in [-0.05, 0) is 37.5 Å². The summed E-state index contributed by atoms with van der Waals surface area (Å²) in [6, 6.07) is 4.12. The predicted octanol–water partition coefficient (Wildman–Crippen LogP) is 1.50. The first-order chi connectivity index (χ1) is 8.20. The number of halogens is 1. The molecule has 0 aromatic heterocycles. The summed E-state index contributed by atoms with van der Waals surface area (Å²) in [6.07, 6.45) is 3.47. The van der Waals surface area contributed by atoms with Crippen LogP contribution in [0.15, 0.2) is 18.2 Å². The Morgan fingerprint density at radius 1 is 1.53 bits per heavy atom. The van der Waals surface area contributed by atoms with Crippen molar-refractivity contribution in [1.82, 2.24) is 5.43 Å². The average molecular weight is 238 g/mol. The monoisotopic (exact) mass is 238 g/mol. The van der Waals surface area contributed by atoms with Crippen molar-refractivity contribution in [2.24, 2.45) is 5.84 Å². The van der Waals surface area contributed by atoms with Crippen molar-refractivity contribution in [1.29, 1.82) is 0 Å². The minimum absolute atomic E-state index is 0.197. The smallest absolute Gasteiger partial charge is 0.265 e. The highest BCUT2D eigenvalue weighted by Gasteiger charge is 2.18. The molecule has 0 bridgehead atoms. The van der Waals surface area contributed by atoms with Gasteiger partial charge in [0, 0.05) is 11.1 Å². The van der Waals surface area contributed by atoms with E-state index in [4.69, 9.17) is 10.6 Å². The summed E-state index contributed by atoms with van der Waals surface area (Å²) in [4.78, 5) is 11.3. The Hall–Kier alpha value is -1.46. The number of carbonyl (C=O) groups is 1. The molecule has 92 valence electrons. The fourth-order valence-electron chi connectivity index (χ4n) is 1.66. The number of nitrogen functional groups attached to an aromatic ring is 1. The van der Waals surface area contributed by atoms with Crippen LogP contribution in [-0.4, -0.2) is 12.0 Å². The van der Waals surface area contributed by atoms with Gasteiger partial charge in [0.1, 0.15) is 5.82 Å². The molecule has 1 fully saturated rings. The van der Waals surface area contributed by atoms with Gasteiger partial charge in [0.15, 0.2) is 0 Å². The molecule has 0 spiro atoms. The van der Waals surface area contributed by atoms with Crippen LogP contribution in [0.5, 0.6) is 0 Å². The van der Waals surface area contributed by atoms with Gasteiger partial charge in [-0.15, -0.1) is 0 Å². The molecule has 2 rings (SSSR count). The van der Waals surface area contributed by atoms with Crippen LogP contribution in [0.3, 0.4) is 0 Å². The summed E-state index contributed by atoms with van der Waals surface area (Å²) in [6.45, 7) is 0.197. The molecule has 1 aromatic rings. The van der Waals surface area contributed by atoms with Gasteiger partial charge in [0.2, 0.25) is 0 Å². The fraction of sp³-hybridized carbons (Fsp3) is 0.417. The van der Waals surface area contributed by atoms with Crippen LogP contribution in [0.2, 0.25) is 0 Å². The molecule has 3 N–H and O–H groups in total. The lowest BCUT2D eigenvalue weighted by atomic mass is 9.96. The SMILES string of the molecule is NNC(=O)c1ccc(F)c(COC2CCC2)c1. The maximum atomic E-state index is 13.5. The van der Waals surface area contributed by atoms with E-state index in [0.717, 1.165) is 12.8 Å². The van der Waals surface area contributed by atoms with Crippen LogP contribution < -0.4 is 11.3 Å². The third-order valence-electron chi connectivity index (χ3n) is 2.97. The van der Waals surface area contributed by atoms with E-state index < -0.39 is 5.91 Å². The standard InChI is InChI=1S/C12H15FN2O2/c13-11-5-4-8(12(16)15-14)6-9(11)7-17-10-2-1-3-10/h4-6,10H,1-3,7,14H2,(H,15,16). The van der Waals surface area contributed by atoms with Crippen LogP contribution in [0.25, 0.3) is 0 Å². The van der Waals surface area contributed by atoms with E-state index in [1.165, 1.54) is 24.6 Å². The van der Waals surface area contributed by atoms with Gasteiger partial charge in [-0.3, -0.25) is 10.2 Å². The molecule has 0 atom stereocenters. The van der Waals surface area contributed by atoms with Gasteiger partial charge in [0.05, 0.1) is 12.7 Å². The van der Waals surface area contributed by atoms with Gasteiger partial charge in [0.25, 0.3) is 5.91 Å². The lowest BCUT2D eigenvalue weighted by Crippen LogP contribution is -2.30. The molecule has 1 aliphatic carbocycles. The van der Waals surface area contributed by atoms with Gasteiger partial charge < -0.3 is 4.74 Å². The van der Waals surface area contributed by atoms with Crippen LogP contribution in [0, 0.1) is 5.82 Å². The summed E-state index contributed by atoms with van der Waals surface area (Å²) in [7, 11) is 0. The van der Waals surface area contributed by atoms with Crippen molar-refractivity contribution < 1.29 is 13.9 Å². The number of ether oxygens (including phenoxy) is 1. The Morgan fingerprint density at radius 2 is 2.29 bits per heavy atom. The van der Waals surface area contributed by atoms with E-state index in [1.807, 2.05) is 5.43 Å². The van der Waals surface area contributed by atoms with Crippen molar-refractivity contribution in [3.05, 3.63) is 35.1 Å². The minimum atomic E-state index is -0.435. The van der Waals surface area contributed by atoms with E-state index >= 15 is 0 Å². The molecule has 17 heavy (non-hydrogen) atoms. The van der Waals surface area contributed by atoms with Crippen LogP contribution in [-0.2, 0) is 11.3 Å².